The molecule has 0 saturated heterocycles. The minimum Gasteiger partial charge on any atom is -0.466 e. The molecule has 3 unspecified atom stereocenters. The Labute approximate surface area is 285 Å². The Morgan fingerprint density at radius 1 is 0.800 bits per heavy atom. The standard InChI is InChI=1S/C38H71N2O3PS/c1-7-8-9-10-14-17-21-37(22-18-15-12-11-13-16-19-30-43-44-39-27-28-40(5)6)45-31-20-29-42-38(41)32-34(4)36-25-23-35(24-26-36)33(2)3/h23-26,33-34,37,39,44H,7-22,27-32H2,1-6H3. The lowest BCUT2D eigenvalue weighted by Gasteiger charge is -2.17. The van der Waals surface area contributed by atoms with Crippen LogP contribution in [0.2, 0.25) is 0 Å². The highest BCUT2D eigenvalue weighted by atomic mass is 32.2. The van der Waals surface area contributed by atoms with Gasteiger partial charge in [0.2, 0.25) is 0 Å². The number of likely N-dealkylation sites (N-methyl/N-ethyl adjacent to an activating group) is 1. The molecule has 5 nitrogen and oxygen atoms in total. The fraction of sp³-hybridized carbons (Fsp3) is 0.816. The van der Waals surface area contributed by atoms with Gasteiger partial charge < -0.3 is 14.2 Å². The predicted octanol–water partition coefficient (Wildman–Crippen LogP) is 10.9. The van der Waals surface area contributed by atoms with Crippen molar-refractivity contribution in [2.75, 3.05) is 46.2 Å². The fourth-order valence-electron chi connectivity index (χ4n) is 5.46. The van der Waals surface area contributed by atoms with E-state index < -0.39 is 0 Å². The van der Waals surface area contributed by atoms with E-state index in [0.29, 0.717) is 27.9 Å². The highest BCUT2D eigenvalue weighted by Crippen LogP contribution is 2.26. The first-order valence-corrected chi connectivity index (χ1v) is 20.4. The van der Waals surface area contributed by atoms with Gasteiger partial charge in [-0.25, -0.2) is 0 Å². The highest BCUT2D eigenvalue weighted by molar-refractivity contribution is 7.99. The van der Waals surface area contributed by atoms with E-state index in [1.54, 1.807) is 0 Å². The van der Waals surface area contributed by atoms with Crippen molar-refractivity contribution >= 4 is 26.7 Å². The summed E-state index contributed by atoms with van der Waals surface area (Å²) in [6, 6.07) is 8.71. The molecule has 262 valence electrons. The van der Waals surface area contributed by atoms with Gasteiger partial charge in [0.15, 0.2) is 0 Å². The maximum atomic E-state index is 12.5. The van der Waals surface area contributed by atoms with Gasteiger partial charge in [-0.2, -0.15) is 11.8 Å². The van der Waals surface area contributed by atoms with Gasteiger partial charge in [0.1, 0.15) is 0 Å². The van der Waals surface area contributed by atoms with E-state index in [2.05, 4.69) is 87.8 Å². The van der Waals surface area contributed by atoms with Crippen molar-refractivity contribution in [2.45, 2.75) is 154 Å². The number of hydrogen-bond donors (Lipinski definition) is 1. The first kappa shape index (κ1) is 42.4. The molecule has 1 aromatic rings. The number of thioether (sulfide) groups is 1. The Kier molecular flexibility index (Phi) is 27.8. The number of unbranched alkanes of at least 4 members (excludes halogenated alkanes) is 11. The van der Waals surface area contributed by atoms with Crippen LogP contribution in [-0.4, -0.2) is 62.3 Å². The lowest BCUT2D eigenvalue weighted by molar-refractivity contribution is -0.144. The number of nitrogens with zero attached hydrogens (tertiary/aromatic N) is 1. The molecule has 0 aliphatic rings. The summed E-state index contributed by atoms with van der Waals surface area (Å²) < 4.78 is 11.4. The molecule has 0 heterocycles. The molecule has 0 amide bonds. The van der Waals surface area contributed by atoms with Crippen LogP contribution >= 0.6 is 20.7 Å². The van der Waals surface area contributed by atoms with Crippen LogP contribution in [0.1, 0.15) is 160 Å². The Morgan fingerprint density at radius 3 is 1.98 bits per heavy atom. The molecular formula is C38H71N2O3PS. The third-order valence-electron chi connectivity index (χ3n) is 8.53. The average molecular weight is 667 g/mol. The first-order chi connectivity index (χ1) is 21.8. The van der Waals surface area contributed by atoms with Crippen LogP contribution in [0.5, 0.6) is 0 Å². The Balaban J connectivity index is 2.18. The number of ether oxygens (including phenoxy) is 1. The Hall–Kier alpha value is -0.650. The van der Waals surface area contributed by atoms with Gasteiger partial charge in [-0.3, -0.25) is 9.88 Å². The van der Waals surface area contributed by atoms with Gasteiger partial charge in [-0.15, -0.1) is 0 Å². The third-order valence-corrected chi connectivity index (χ3v) is 10.7. The van der Waals surface area contributed by atoms with Gasteiger partial charge in [-0.1, -0.05) is 129 Å². The van der Waals surface area contributed by atoms with E-state index in [-0.39, 0.29) is 11.9 Å². The zero-order chi connectivity index (χ0) is 33.0. The van der Waals surface area contributed by atoms with Gasteiger partial charge in [0.05, 0.1) is 28.6 Å². The number of nitrogens with one attached hydrogen (secondary N) is 1. The lowest BCUT2D eigenvalue weighted by Crippen LogP contribution is -2.22. The number of esters is 1. The van der Waals surface area contributed by atoms with E-state index in [4.69, 9.17) is 9.26 Å². The number of rotatable bonds is 31. The lowest BCUT2D eigenvalue weighted by atomic mass is 9.94. The molecule has 0 spiro atoms. The maximum Gasteiger partial charge on any atom is 0.306 e. The van der Waals surface area contributed by atoms with Gasteiger partial charge in [0.25, 0.3) is 0 Å². The SMILES string of the molecule is CCCCCCCCC(CCCCCCCCCOPNCCN(C)C)SCCCOC(=O)CC(C)c1ccc(C(C)C)cc1. The summed E-state index contributed by atoms with van der Waals surface area (Å²) in [6.07, 6.45) is 21.5. The molecule has 7 heteroatoms. The molecule has 0 aliphatic carbocycles. The second-order valence-electron chi connectivity index (χ2n) is 13.5. The molecule has 0 aliphatic heterocycles. The Morgan fingerprint density at radius 2 is 1.38 bits per heavy atom. The van der Waals surface area contributed by atoms with Crippen LogP contribution in [0.4, 0.5) is 0 Å². The van der Waals surface area contributed by atoms with Crippen molar-refractivity contribution in [1.82, 2.24) is 9.99 Å². The first-order valence-electron chi connectivity index (χ1n) is 18.4. The van der Waals surface area contributed by atoms with E-state index in [1.165, 1.54) is 107 Å². The van der Waals surface area contributed by atoms with Crippen molar-refractivity contribution < 1.29 is 14.1 Å². The number of carbonyl (C=O) groups is 1. The zero-order valence-corrected chi connectivity index (χ0v) is 32.0. The molecule has 0 bridgehead atoms. The van der Waals surface area contributed by atoms with Crippen LogP contribution in [0.3, 0.4) is 0 Å². The van der Waals surface area contributed by atoms with E-state index in [9.17, 15) is 4.79 Å². The minimum absolute atomic E-state index is 0.0652. The highest BCUT2D eigenvalue weighted by Gasteiger charge is 2.14. The van der Waals surface area contributed by atoms with Crippen LogP contribution in [0.25, 0.3) is 0 Å². The van der Waals surface area contributed by atoms with Crippen LogP contribution in [0.15, 0.2) is 24.3 Å². The summed E-state index contributed by atoms with van der Waals surface area (Å²) >= 11 is 2.13. The predicted molar refractivity (Wildman–Crippen MR) is 201 cm³/mol. The van der Waals surface area contributed by atoms with Gasteiger partial charge in [-0.05, 0) is 68.5 Å². The zero-order valence-electron chi connectivity index (χ0n) is 30.2. The molecule has 1 rings (SSSR count). The second-order valence-corrected chi connectivity index (χ2v) is 15.7. The summed E-state index contributed by atoms with van der Waals surface area (Å²) in [7, 11) is 4.62. The van der Waals surface area contributed by atoms with Crippen molar-refractivity contribution in [3.8, 4) is 0 Å². The Bertz CT molecular complexity index is 809. The van der Waals surface area contributed by atoms with Crippen molar-refractivity contribution in [1.29, 1.82) is 0 Å². The summed E-state index contributed by atoms with van der Waals surface area (Å²) in [4.78, 5) is 14.7. The van der Waals surface area contributed by atoms with E-state index in [1.807, 2.05) is 0 Å². The molecule has 45 heavy (non-hydrogen) atoms. The second kappa shape index (κ2) is 29.5. The quantitative estimate of drug-likeness (QED) is 0.0483. The minimum atomic E-state index is -0.0652. The molecular weight excluding hydrogens is 595 g/mol. The molecule has 0 aromatic heterocycles. The number of carbonyl (C=O) groups excluding carboxylic acids is 1. The fourth-order valence-corrected chi connectivity index (χ4v) is 7.30. The molecule has 0 fully saturated rings. The third kappa shape index (κ3) is 25.1. The van der Waals surface area contributed by atoms with Crippen LogP contribution < -0.4 is 5.09 Å². The van der Waals surface area contributed by atoms with Crippen LogP contribution in [-0.2, 0) is 14.1 Å². The van der Waals surface area contributed by atoms with E-state index in [0.717, 1.165) is 37.1 Å². The van der Waals surface area contributed by atoms with Crippen molar-refractivity contribution in [3.05, 3.63) is 35.4 Å². The molecule has 1 N–H and O–H groups in total. The largest absolute Gasteiger partial charge is 0.466 e. The smallest absolute Gasteiger partial charge is 0.306 e. The van der Waals surface area contributed by atoms with Crippen molar-refractivity contribution in [2.24, 2.45) is 0 Å². The number of benzene rings is 1. The monoisotopic (exact) mass is 666 g/mol. The van der Waals surface area contributed by atoms with Gasteiger partial charge >= 0.3 is 5.97 Å². The number of hydrogen-bond acceptors (Lipinski definition) is 6. The van der Waals surface area contributed by atoms with Crippen molar-refractivity contribution in [3.63, 3.8) is 0 Å². The van der Waals surface area contributed by atoms with Gasteiger partial charge in [0, 0.05) is 18.3 Å². The average Bonchev–Trinajstić information content (AvgIpc) is 3.02. The molecule has 0 saturated carbocycles. The summed E-state index contributed by atoms with van der Waals surface area (Å²) in [5, 5.41) is 4.11. The summed E-state index contributed by atoms with van der Waals surface area (Å²) in [6.45, 7) is 12.3. The summed E-state index contributed by atoms with van der Waals surface area (Å²) in [5.74, 6) is 1.74. The molecule has 0 radical (unpaired) electrons. The normalized spacial score (nSPS) is 13.3. The topological polar surface area (TPSA) is 50.8 Å². The molecule has 1 aromatic carbocycles. The van der Waals surface area contributed by atoms with Crippen LogP contribution in [0, 0.1) is 0 Å². The maximum absolute atomic E-state index is 12.5. The summed E-state index contributed by atoms with van der Waals surface area (Å²) in [5.41, 5.74) is 2.56. The van der Waals surface area contributed by atoms with E-state index >= 15 is 0 Å². The molecule has 3 atom stereocenters.